The molecule has 1 saturated carbocycles. The highest BCUT2D eigenvalue weighted by Gasteiger charge is 2.27. The minimum absolute atomic E-state index is 0.000385. The summed E-state index contributed by atoms with van der Waals surface area (Å²) in [5.74, 6) is 0.198. The van der Waals surface area contributed by atoms with E-state index >= 15 is 0 Å². The maximum Gasteiger partial charge on any atom is 0.418 e. The van der Waals surface area contributed by atoms with Gasteiger partial charge in [0.1, 0.15) is 6.33 Å². The summed E-state index contributed by atoms with van der Waals surface area (Å²) in [4.78, 5) is 46.3. The second-order valence-corrected chi connectivity index (χ2v) is 8.26. The van der Waals surface area contributed by atoms with Crippen molar-refractivity contribution < 1.29 is 19.1 Å². The number of hydrogen-bond acceptors (Lipinski definition) is 10. The number of amides is 2. The van der Waals surface area contributed by atoms with Crippen LogP contribution >= 0.6 is 0 Å². The molecule has 1 aliphatic heterocycles. The van der Waals surface area contributed by atoms with E-state index in [4.69, 9.17) is 9.47 Å². The second-order valence-electron chi connectivity index (χ2n) is 8.26. The highest BCUT2D eigenvalue weighted by Crippen LogP contribution is 2.40. The summed E-state index contributed by atoms with van der Waals surface area (Å²) in [6.07, 6.45) is 12.1. The normalized spacial score (nSPS) is 17.0. The largest absolute Gasteiger partial charge is 0.418 e. The number of aromatic nitrogens is 5. The zero-order chi connectivity index (χ0) is 24.0. The van der Waals surface area contributed by atoms with Crippen LogP contribution in [-0.2, 0) is 4.74 Å². The molecule has 3 N–H and O–H groups in total. The molecule has 4 heterocycles. The van der Waals surface area contributed by atoms with Crippen LogP contribution in [0.15, 0.2) is 43.4 Å². The van der Waals surface area contributed by atoms with Gasteiger partial charge in [-0.15, -0.1) is 0 Å². The van der Waals surface area contributed by atoms with Crippen molar-refractivity contribution in [3.05, 3.63) is 54.6 Å². The Hall–Kier alpha value is -4.19. The van der Waals surface area contributed by atoms with Crippen LogP contribution in [0.1, 0.15) is 47.7 Å². The maximum absolute atomic E-state index is 12.8. The fourth-order valence-corrected chi connectivity index (χ4v) is 3.64. The minimum Gasteiger partial charge on any atom is -0.387 e. The third-order valence-electron chi connectivity index (χ3n) is 5.58. The molecule has 180 valence electrons. The summed E-state index contributed by atoms with van der Waals surface area (Å²) >= 11 is 0. The number of nitrogens with zero attached hydrogens (tertiary/aromatic N) is 5. The Kier molecular flexibility index (Phi) is 6.70. The molecule has 3 aromatic rings. The van der Waals surface area contributed by atoms with E-state index in [9.17, 15) is 9.59 Å². The summed E-state index contributed by atoms with van der Waals surface area (Å²) in [6, 6.07) is 1.52. The fraction of sp³-hybridized carbons (Fsp3) is 0.348. The molecule has 1 saturated heterocycles. The molecule has 5 rings (SSSR count). The van der Waals surface area contributed by atoms with Gasteiger partial charge in [-0.2, -0.15) is 0 Å². The Morgan fingerprint density at radius 1 is 1.09 bits per heavy atom. The van der Waals surface area contributed by atoms with Crippen molar-refractivity contribution in [2.45, 2.75) is 37.7 Å². The number of rotatable bonds is 8. The lowest BCUT2D eigenvalue weighted by molar-refractivity contribution is 0.0858. The minimum atomic E-state index is -0.833. The van der Waals surface area contributed by atoms with Crippen LogP contribution in [0.2, 0.25) is 0 Å². The van der Waals surface area contributed by atoms with Crippen LogP contribution < -0.4 is 20.7 Å². The number of carbonyl (C=O) groups is 2. The summed E-state index contributed by atoms with van der Waals surface area (Å²) < 4.78 is 11.1. The van der Waals surface area contributed by atoms with E-state index in [1.54, 1.807) is 18.6 Å². The van der Waals surface area contributed by atoms with E-state index in [2.05, 4.69) is 40.9 Å². The van der Waals surface area contributed by atoms with Crippen LogP contribution in [-0.4, -0.2) is 56.2 Å². The lowest BCUT2D eigenvalue weighted by Crippen LogP contribution is -2.32. The first kappa shape index (κ1) is 22.6. The van der Waals surface area contributed by atoms with E-state index < -0.39 is 6.09 Å². The van der Waals surface area contributed by atoms with Gasteiger partial charge in [0.05, 0.1) is 53.5 Å². The molecule has 0 spiro atoms. The van der Waals surface area contributed by atoms with Crippen LogP contribution in [0.3, 0.4) is 0 Å². The van der Waals surface area contributed by atoms with Crippen LogP contribution in [0.5, 0.6) is 5.88 Å². The average molecular weight is 476 g/mol. The zero-order valence-electron chi connectivity index (χ0n) is 18.8. The zero-order valence-corrected chi connectivity index (χ0v) is 18.8. The number of carbonyl (C=O) groups excluding carboxylic acids is 2. The molecule has 0 radical (unpaired) electrons. The van der Waals surface area contributed by atoms with Gasteiger partial charge in [0.2, 0.25) is 0 Å². The van der Waals surface area contributed by atoms with Crippen molar-refractivity contribution in [1.29, 1.82) is 0 Å². The molecule has 12 heteroatoms. The number of hydrogen-bond donors (Lipinski definition) is 3. The molecule has 2 fully saturated rings. The van der Waals surface area contributed by atoms with Crippen LogP contribution in [0, 0.1) is 0 Å². The van der Waals surface area contributed by atoms with E-state index in [0.29, 0.717) is 24.8 Å². The lowest BCUT2D eigenvalue weighted by Gasteiger charge is -2.14. The van der Waals surface area contributed by atoms with Gasteiger partial charge in [0.15, 0.2) is 5.82 Å². The smallest absolute Gasteiger partial charge is 0.387 e. The average Bonchev–Trinajstić information content (AvgIpc) is 3.59. The van der Waals surface area contributed by atoms with Crippen molar-refractivity contribution >= 4 is 29.2 Å². The number of nitrogens with one attached hydrogen (secondary N) is 3. The molecule has 1 atom stereocenters. The molecule has 0 aromatic carbocycles. The molecule has 12 nitrogen and oxygen atoms in total. The van der Waals surface area contributed by atoms with Gasteiger partial charge in [0.25, 0.3) is 11.8 Å². The van der Waals surface area contributed by atoms with Crippen LogP contribution in [0.4, 0.5) is 22.0 Å². The summed E-state index contributed by atoms with van der Waals surface area (Å²) in [5.41, 5.74) is 1.77. The van der Waals surface area contributed by atoms with Crippen molar-refractivity contribution in [2.75, 3.05) is 23.8 Å². The second kappa shape index (κ2) is 10.4. The third-order valence-corrected chi connectivity index (χ3v) is 5.58. The summed E-state index contributed by atoms with van der Waals surface area (Å²) in [5, 5.41) is 8.44. The predicted octanol–water partition coefficient (Wildman–Crippen LogP) is 2.80. The van der Waals surface area contributed by atoms with Crippen LogP contribution in [0.25, 0.3) is 0 Å². The van der Waals surface area contributed by atoms with Gasteiger partial charge >= 0.3 is 6.09 Å². The Morgan fingerprint density at radius 2 is 1.94 bits per heavy atom. The Labute approximate surface area is 200 Å². The molecule has 35 heavy (non-hydrogen) atoms. The van der Waals surface area contributed by atoms with E-state index in [1.807, 2.05) is 0 Å². The van der Waals surface area contributed by atoms with Crippen molar-refractivity contribution in [2.24, 2.45) is 0 Å². The first-order valence-electron chi connectivity index (χ1n) is 11.4. The molecule has 0 bridgehead atoms. The highest BCUT2D eigenvalue weighted by atomic mass is 16.6. The summed E-state index contributed by atoms with van der Waals surface area (Å²) in [6.45, 7) is 1.10. The Balaban J connectivity index is 1.29. The van der Waals surface area contributed by atoms with E-state index in [-0.39, 0.29) is 35.0 Å². The molecule has 1 unspecified atom stereocenters. The van der Waals surface area contributed by atoms with Gasteiger partial charge in [-0.1, -0.05) is 0 Å². The predicted molar refractivity (Wildman–Crippen MR) is 125 cm³/mol. The standard InChI is InChI=1S/C23H24N8O4/c32-21(28-10-16-2-1-7-34-16)17-5-6-24-11-19(17)31-23(33)35-22-20(29-15-8-25-13-26-9-15)27-12-18(30-22)14-3-4-14/h5-6,8-9,11-14,16H,1-4,7,10H2,(H,27,29)(H,28,32)(H,31,33). The van der Waals surface area contributed by atoms with Crippen molar-refractivity contribution in [3.63, 3.8) is 0 Å². The molecule has 1 aliphatic carbocycles. The SMILES string of the molecule is O=C(Nc1cnccc1C(=O)NCC1CCCO1)Oc1nc(C2CC2)cnc1Nc1cncnc1. The van der Waals surface area contributed by atoms with Crippen molar-refractivity contribution in [1.82, 2.24) is 30.2 Å². The molecule has 2 aliphatic rings. The molecular formula is C23H24N8O4. The quantitative estimate of drug-likeness (QED) is 0.442. The molecular weight excluding hydrogens is 452 g/mol. The van der Waals surface area contributed by atoms with Gasteiger partial charge in [-0.05, 0) is 31.7 Å². The fourth-order valence-electron chi connectivity index (χ4n) is 3.64. The first-order chi connectivity index (χ1) is 17.2. The van der Waals surface area contributed by atoms with Gasteiger partial charge < -0.3 is 20.1 Å². The first-order valence-corrected chi connectivity index (χ1v) is 11.4. The lowest BCUT2D eigenvalue weighted by atomic mass is 10.2. The highest BCUT2D eigenvalue weighted by molar-refractivity contribution is 6.02. The van der Waals surface area contributed by atoms with Gasteiger partial charge in [-0.3, -0.25) is 15.1 Å². The topological polar surface area (TPSA) is 153 Å². The maximum atomic E-state index is 12.8. The van der Waals surface area contributed by atoms with E-state index in [0.717, 1.165) is 31.4 Å². The van der Waals surface area contributed by atoms with E-state index in [1.165, 1.54) is 24.8 Å². The number of anilines is 3. The Bertz CT molecular complexity index is 1200. The molecule has 3 aromatic heterocycles. The summed E-state index contributed by atoms with van der Waals surface area (Å²) in [7, 11) is 0. The van der Waals surface area contributed by atoms with Gasteiger partial charge in [-0.25, -0.2) is 24.7 Å². The Morgan fingerprint density at radius 3 is 2.71 bits per heavy atom. The van der Waals surface area contributed by atoms with Gasteiger partial charge in [0, 0.05) is 25.3 Å². The monoisotopic (exact) mass is 476 g/mol. The number of pyridine rings is 1. The third kappa shape index (κ3) is 5.84. The number of ether oxygens (including phenoxy) is 2. The van der Waals surface area contributed by atoms with Crippen molar-refractivity contribution in [3.8, 4) is 5.88 Å². The molecule has 2 amide bonds.